The number of anilines is 1. The molecule has 0 atom stereocenters. The van der Waals surface area contributed by atoms with Crippen LogP contribution in [0.25, 0.3) is 0 Å². The lowest BCUT2D eigenvalue weighted by molar-refractivity contribution is 0.556. The first-order valence-corrected chi connectivity index (χ1v) is 7.22. The highest BCUT2D eigenvalue weighted by Gasteiger charge is 2.20. The Labute approximate surface area is 121 Å². The third-order valence-electron chi connectivity index (χ3n) is 3.50. The molecule has 0 amide bonds. The molecule has 0 fully saturated rings. The molecule has 0 spiro atoms. The number of aromatic nitrogens is 2. The Hall–Kier alpha value is -1.90. The fourth-order valence-electron chi connectivity index (χ4n) is 2.19. The van der Waals surface area contributed by atoms with E-state index >= 15 is 0 Å². The van der Waals surface area contributed by atoms with Gasteiger partial charge >= 0.3 is 0 Å². The number of hydrogen-bond donors (Lipinski definition) is 1. The Balaban J connectivity index is 2.02. The van der Waals surface area contributed by atoms with Crippen LogP contribution in [0.2, 0.25) is 0 Å². The third-order valence-corrected chi connectivity index (χ3v) is 3.50. The maximum atomic E-state index is 4.30. The molecule has 3 heteroatoms. The molecular weight excluding hydrogens is 246 g/mol. The zero-order chi connectivity index (χ0) is 14.4. The van der Waals surface area contributed by atoms with Crippen LogP contribution in [-0.4, -0.2) is 16.5 Å². The summed E-state index contributed by atoms with van der Waals surface area (Å²) in [6, 6.07) is 12.6. The standard InChI is InChI=1S/C17H23N3/c1-4-8-15-11-16(20-13-19-15)18-12-17(2,3)14-9-6-5-7-10-14/h5-7,9-11,13H,4,8,12H2,1-3H3,(H,18,19,20). The normalized spacial score (nSPS) is 11.3. The van der Waals surface area contributed by atoms with Crippen molar-refractivity contribution >= 4 is 5.82 Å². The van der Waals surface area contributed by atoms with Crippen LogP contribution in [0.1, 0.15) is 38.4 Å². The molecule has 3 nitrogen and oxygen atoms in total. The lowest BCUT2D eigenvalue weighted by Crippen LogP contribution is -2.27. The van der Waals surface area contributed by atoms with Gasteiger partial charge in [-0.3, -0.25) is 0 Å². The minimum Gasteiger partial charge on any atom is -0.369 e. The second-order valence-electron chi connectivity index (χ2n) is 5.75. The number of nitrogens with one attached hydrogen (secondary N) is 1. The zero-order valence-electron chi connectivity index (χ0n) is 12.6. The monoisotopic (exact) mass is 269 g/mol. The Bertz CT molecular complexity index is 535. The number of hydrogen-bond acceptors (Lipinski definition) is 3. The van der Waals surface area contributed by atoms with Crippen molar-refractivity contribution in [2.24, 2.45) is 0 Å². The van der Waals surface area contributed by atoms with Gasteiger partial charge in [-0.15, -0.1) is 0 Å². The van der Waals surface area contributed by atoms with Gasteiger partial charge in [-0.1, -0.05) is 57.5 Å². The molecule has 1 N–H and O–H groups in total. The van der Waals surface area contributed by atoms with E-state index in [1.807, 2.05) is 6.07 Å². The van der Waals surface area contributed by atoms with Gasteiger partial charge < -0.3 is 5.32 Å². The Morgan fingerprint density at radius 3 is 2.55 bits per heavy atom. The summed E-state index contributed by atoms with van der Waals surface area (Å²) < 4.78 is 0. The summed E-state index contributed by atoms with van der Waals surface area (Å²) >= 11 is 0. The zero-order valence-corrected chi connectivity index (χ0v) is 12.6. The van der Waals surface area contributed by atoms with Crippen molar-refractivity contribution in [1.82, 2.24) is 9.97 Å². The molecule has 0 aliphatic carbocycles. The van der Waals surface area contributed by atoms with Gasteiger partial charge in [-0.05, 0) is 12.0 Å². The lowest BCUT2D eigenvalue weighted by Gasteiger charge is -2.26. The fourth-order valence-corrected chi connectivity index (χ4v) is 2.19. The highest BCUT2D eigenvalue weighted by atomic mass is 15.0. The molecule has 2 aromatic rings. The Kier molecular flexibility index (Phi) is 4.72. The van der Waals surface area contributed by atoms with Crippen LogP contribution >= 0.6 is 0 Å². The van der Waals surface area contributed by atoms with Crippen LogP contribution in [0.15, 0.2) is 42.7 Å². The smallest absolute Gasteiger partial charge is 0.129 e. The molecular formula is C17H23N3. The molecule has 20 heavy (non-hydrogen) atoms. The maximum Gasteiger partial charge on any atom is 0.129 e. The molecule has 0 saturated heterocycles. The second kappa shape index (κ2) is 6.51. The van der Waals surface area contributed by atoms with Crippen molar-refractivity contribution in [2.75, 3.05) is 11.9 Å². The van der Waals surface area contributed by atoms with Crippen molar-refractivity contribution in [1.29, 1.82) is 0 Å². The number of nitrogens with zero attached hydrogens (tertiary/aromatic N) is 2. The van der Waals surface area contributed by atoms with Gasteiger partial charge in [0.05, 0.1) is 0 Å². The van der Waals surface area contributed by atoms with E-state index in [1.165, 1.54) is 5.56 Å². The van der Waals surface area contributed by atoms with Crippen molar-refractivity contribution in [3.63, 3.8) is 0 Å². The quantitative estimate of drug-likeness (QED) is 0.866. The van der Waals surface area contributed by atoms with Crippen LogP contribution < -0.4 is 5.32 Å². The van der Waals surface area contributed by atoms with Crippen molar-refractivity contribution < 1.29 is 0 Å². The lowest BCUT2D eigenvalue weighted by atomic mass is 9.84. The van der Waals surface area contributed by atoms with Crippen LogP contribution in [0, 0.1) is 0 Å². The van der Waals surface area contributed by atoms with E-state index in [9.17, 15) is 0 Å². The van der Waals surface area contributed by atoms with Crippen LogP contribution in [0.5, 0.6) is 0 Å². The maximum absolute atomic E-state index is 4.30. The molecule has 1 aromatic carbocycles. The molecule has 106 valence electrons. The first-order valence-electron chi connectivity index (χ1n) is 7.22. The molecule has 1 heterocycles. The second-order valence-corrected chi connectivity index (χ2v) is 5.75. The average Bonchev–Trinajstić information content (AvgIpc) is 2.47. The summed E-state index contributed by atoms with van der Waals surface area (Å²) in [7, 11) is 0. The van der Waals surface area contributed by atoms with Crippen LogP contribution in [-0.2, 0) is 11.8 Å². The summed E-state index contributed by atoms with van der Waals surface area (Å²) in [5.74, 6) is 0.910. The summed E-state index contributed by atoms with van der Waals surface area (Å²) in [6.07, 6.45) is 3.74. The van der Waals surface area contributed by atoms with Gasteiger partial charge in [0.25, 0.3) is 0 Å². The summed E-state index contributed by atoms with van der Waals surface area (Å²) in [6.45, 7) is 7.49. The minimum absolute atomic E-state index is 0.0666. The van der Waals surface area contributed by atoms with E-state index in [1.54, 1.807) is 6.33 Å². The van der Waals surface area contributed by atoms with Gasteiger partial charge in [-0.2, -0.15) is 0 Å². The summed E-state index contributed by atoms with van der Waals surface area (Å²) in [5.41, 5.74) is 2.50. The SMILES string of the molecule is CCCc1cc(NCC(C)(C)c2ccccc2)ncn1. The Morgan fingerprint density at radius 1 is 1.10 bits per heavy atom. The van der Waals surface area contributed by atoms with Gasteiger partial charge in [0.1, 0.15) is 12.1 Å². The average molecular weight is 269 g/mol. The fraction of sp³-hybridized carbons (Fsp3) is 0.412. The van der Waals surface area contributed by atoms with Gasteiger partial charge in [-0.25, -0.2) is 9.97 Å². The van der Waals surface area contributed by atoms with E-state index in [2.05, 4.69) is 66.4 Å². The summed E-state index contributed by atoms with van der Waals surface area (Å²) in [4.78, 5) is 8.58. The molecule has 0 radical (unpaired) electrons. The third kappa shape index (κ3) is 3.80. The molecule has 0 bridgehead atoms. The molecule has 0 unspecified atom stereocenters. The molecule has 0 aliphatic rings. The Morgan fingerprint density at radius 2 is 1.85 bits per heavy atom. The molecule has 0 saturated carbocycles. The van der Waals surface area contributed by atoms with Crippen LogP contribution in [0.4, 0.5) is 5.82 Å². The molecule has 1 aromatic heterocycles. The first kappa shape index (κ1) is 14.5. The summed E-state index contributed by atoms with van der Waals surface area (Å²) in [5, 5.41) is 3.43. The van der Waals surface area contributed by atoms with E-state index < -0.39 is 0 Å². The highest BCUT2D eigenvalue weighted by molar-refractivity contribution is 5.37. The van der Waals surface area contributed by atoms with E-state index in [0.29, 0.717) is 0 Å². The predicted octanol–water partition coefficient (Wildman–Crippen LogP) is 3.82. The van der Waals surface area contributed by atoms with Crippen molar-refractivity contribution in [3.8, 4) is 0 Å². The predicted molar refractivity (Wildman–Crippen MR) is 84.0 cm³/mol. The van der Waals surface area contributed by atoms with E-state index in [-0.39, 0.29) is 5.41 Å². The van der Waals surface area contributed by atoms with Gasteiger partial charge in [0, 0.05) is 23.7 Å². The topological polar surface area (TPSA) is 37.8 Å². The number of aryl methyl sites for hydroxylation is 1. The van der Waals surface area contributed by atoms with Gasteiger partial charge in [0.15, 0.2) is 0 Å². The van der Waals surface area contributed by atoms with E-state index in [4.69, 9.17) is 0 Å². The number of rotatable bonds is 6. The highest BCUT2D eigenvalue weighted by Crippen LogP contribution is 2.23. The largest absolute Gasteiger partial charge is 0.369 e. The molecule has 0 aliphatic heterocycles. The minimum atomic E-state index is 0.0666. The van der Waals surface area contributed by atoms with E-state index in [0.717, 1.165) is 30.9 Å². The van der Waals surface area contributed by atoms with Crippen molar-refractivity contribution in [2.45, 2.75) is 39.0 Å². The molecule has 2 rings (SSSR count). The number of benzene rings is 1. The van der Waals surface area contributed by atoms with Crippen LogP contribution in [0.3, 0.4) is 0 Å². The van der Waals surface area contributed by atoms with Gasteiger partial charge in [0.2, 0.25) is 0 Å². The van der Waals surface area contributed by atoms with Crippen molar-refractivity contribution in [3.05, 3.63) is 54.0 Å². The first-order chi connectivity index (χ1) is 9.62.